The normalized spacial score (nSPS) is 23.0. The molecular formula is C13H20N2O2. The van der Waals surface area contributed by atoms with Crippen molar-refractivity contribution in [2.45, 2.75) is 44.8 Å². The summed E-state index contributed by atoms with van der Waals surface area (Å²) in [5.74, 6) is 0.126. The van der Waals surface area contributed by atoms with Gasteiger partial charge in [0.2, 0.25) is 5.91 Å². The number of nitrogens with one attached hydrogen (secondary N) is 1. The highest BCUT2D eigenvalue weighted by Gasteiger charge is 2.39. The fourth-order valence-corrected chi connectivity index (χ4v) is 2.55. The summed E-state index contributed by atoms with van der Waals surface area (Å²) < 4.78 is 0. The Kier molecular flexibility index (Phi) is 3.24. The van der Waals surface area contributed by atoms with Crippen molar-refractivity contribution in [2.24, 2.45) is 0 Å². The molecule has 0 bridgehead atoms. The molecule has 2 heterocycles. The van der Waals surface area contributed by atoms with Crippen LogP contribution < -0.4 is 0 Å². The third-order valence-corrected chi connectivity index (χ3v) is 3.43. The van der Waals surface area contributed by atoms with Crippen molar-refractivity contribution in [1.82, 2.24) is 9.88 Å². The monoisotopic (exact) mass is 236 g/mol. The number of carbonyl (C=O) groups is 1. The highest BCUT2D eigenvalue weighted by atomic mass is 16.3. The van der Waals surface area contributed by atoms with Gasteiger partial charge in [-0.1, -0.05) is 0 Å². The van der Waals surface area contributed by atoms with E-state index in [4.69, 9.17) is 0 Å². The smallest absolute Gasteiger partial charge is 0.223 e. The molecule has 0 saturated carbocycles. The summed E-state index contributed by atoms with van der Waals surface area (Å²) in [5.41, 5.74) is 0.864. The van der Waals surface area contributed by atoms with Crippen LogP contribution in [-0.4, -0.2) is 39.1 Å². The number of rotatable bonds is 3. The zero-order valence-electron chi connectivity index (χ0n) is 10.4. The lowest BCUT2D eigenvalue weighted by Gasteiger charge is -2.31. The van der Waals surface area contributed by atoms with Gasteiger partial charge in [0.05, 0.1) is 6.10 Å². The number of aliphatic hydroxyl groups is 1. The minimum Gasteiger partial charge on any atom is -0.391 e. The summed E-state index contributed by atoms with van der Waals surface area (Å²) >= 11 is 0. The average molecular weight is 236 g/mol. The van der Waals surface area contributed by atoms with Crippen LogP contribution in [0.3, 0.4) is 0 Å². The molecule has 0 aliphatic carbocycles. The number of amides is 1. The number of β-amino-alcohol motifs (C(OH)–C–C–N with tert-alkyl or cyclic N) is 1. The van der Waals surface area contributed by atoms with Crippen LogP contribution in [0.15, 0.2) is 18.3 Å². The first-order chi connectivity index (χ1) is 7.99. The molecule has 4 nitrogen and oxygen atoms in total. The molecular weight excluding hydrogens is 216 g/mol. The van der Waals surface area contributed by atoms with Crippen molar-refractivity contribution in [1.29, 1.82) is 0 Å². The maximum atomic E-state index is 12.1. The van der Waals surface area contributed by atoms with E-state index in [2.05, 4.69) is 4.98 Å². The molecule has 2 N–H and O–H groups in total. The van der Waals surface area contributed by atoms with Gasteiger partial charge < -0.3 is 15.0 Å². The van der Waals surface area contributed by atoms with Crippen molar-refractivity contribution in [3.8, 4) is 0 Å². The lowest BCUT2D eigenvalue weighted by molar-refractivity contribution is -0.134. The zero-order valence-corrected chi connectivity index (χ0v) is 10.4. The predicted octanol–water partition coefficient (Wildman–Crippen LogP) is 1.32. The van der Waals surface area contributed by atoms with Gasteiger partial charge in [0.25, 0.3) is 0 Å². The SMILES string of the molecule is CC1(C)CC(O)CN1C(=O)CCc1ccc[nH]1. The first kappa shape index (κ1) is 12.2. The molecule has 1 amide bonds. The maximum Gasteiger partial charge on any atom is 0.223 e. The van der Waals surface area contributed by atoms with E-state index in [9.17, 15) is 9.90 Å². The van der Waals surface area contributed by atoms with E-state index in [1.165, 1.54) is 0 Å². The summed E-state index contributed by atoms with van der Waals surface area (Å²) in [5, 5.41) is 9.64. The number of carbonyl (C=O) groups excluding carboxylic acids is 1. The molecule has 17 heavy (non-hydrogen) atoms. The summed E-state index contributed by atoms with van der Waals surface area (Å²) in [7, 11) is 0. The number of hydrogen-bond donors (Lipinski definition) is 2. The molecule has 0 spiro atoms. The molecule has 1 unspecified atom stereocenters. The fraction of sp³-hybridized carbons (Fsp3) is 0.615. The van der Waals surface area contributed by atoms with Crippen molar-refractivity contribution in [2.75, 3.05) is 6.54 Å². The Morgan fingerprint density at radius 2 is 2.41 bits per heavy atom. The van der Waals surface area contributed by atoms with Gasteiger partial charge in [-0.2, -0.15) is 0 Å². The van der Waals surface area contributed by atoms with E-state index in [1.807, 2.05) is 32.2 Å². The van der Waals surface area contributed by atoms with Crippen LogP contribution in [0.2, 0.25) is 0 Å². The Labute approximate surface area is 102 Å². The van der Waals surface area contributed by atoms with E-state index >= 15 is 0 Å². The fourth-order valence-electron chi connectivity index (χ4n) is 2.55. The molecule has 1 fully saturated rings. The second-order valence-corrected chi connectivity index (χ2v) is 5.37. The summed E-state index contributed by atoms with van der Waals surface area (Å²) in [4.78, 5) is 17.0. The first-order valence-corrected chi connectivity index (χ1v) is 6.10. The van der Waals surface area contributed by atoms with E-state index < -0.39 is 0 Å². The molecule has 4 heteroatoms. The number of aromatic amines is 1. The summed E-state index contributed by atoms with van der Waals surface area (Å²) in [6.07, 6.45) is 3.38. The Bertz CT molecular complexity index is 384. The Balaban J connectivity index is 1.92. The molecule has 1 atom stereocenters. The highest BCUT2D eigenvalue weighted by molar-refractivity contribution is 5.77. The number of H-pyrrole nitrogens is 1. The average Bonchev–Trinajstić information content (AvgIpc) is 2.82. The summed E-state index contributed by atoms with van der Waals surface area (Å²) in [6, 6.07) is 3.92. The highest BCUT2D eigenvalue weighted by Crippen LogP contribution is 2.29. The molecule has 94 valence electrons. The van der Waals surface area contributed by atoms with E-state index in [0.717, 1.165) is 12.1 Å². The van der Waals surface area contributed by atoms with Crippen LogP contribution in [0.1, 0.15) is 32.4 Å². The van der Waals surface area contributed by atoms with Crippen molar-refractivity contribution in [3.63, 3.8) is 0 Å². The Morgan fingerprint density at radius 3 is 2.94 bits per heavy atom. The van der Waals surface area contributed by atoms with Gasteiger partial charge >= 0.3 is 0 Å². The zero-order chi connectivity index (χ0) is 12.5. The van der Waals surface area contributed by atoms with Gasteiger partial charge in [-0.05, 0) is 38.8 Å². The number of aromatic nitrogens is 1. The van der Waals surface area contributed by atoms with Gasteiger partial charge in [0.1, 0.15) is 0 Å². The molecule has 0 aromatic carbocycles. The van der Waals surface area contributed by atoms with Crippen molar-refractivity contribution < 1.29 is 9.90 Å². The Morgan fingerprint density at radius 1 is 1.65 bits per heavy atom. The number of nitrogens with zero attached hydrogens (tertiary/aromatic N) is 1. The lowest BCUT2D eigenvalue weighted by atomic mass is 10.0. The molecule has 1 aliphatic heterocycles. The van der Waals surface area contributed by atoms with Gasteiger partial charge in [0.15, 0.2) is 0 Å². The van der Waals surface area contributed by atoms with Crippen LogP contribution in [0.4, 0.5) is 0 Å². The van der Waals surface area contributed by atoms with Crippen LogP contribution >= 0.6 is 0 Å². The van der Waals surface area contributed by atoms with Crippen molar-refractivity contribution in [3.05, 3.63) is 24.0 Å². The van der Waals surface area contributed by atoms with Gasteiger partial charge in [0, 0.05) is 30.4 Å². The molecule has 1 saturated heterocycles. The van der Waals surface area contributed by atoms with E-state index in [-0.39, 0.29) is 17.6 Å². The van der Waals surface area contributed by atoms with Crippen LogP contribution in [0.5, 0.6) is 0 Å². The molecule has 1 aromatic rings. The Hall–Kier alpha value is -1.29. The standard InChI is InChI=1S/C13H20N2O2/c1-13(2)8-11(16)9-15(13)12(17)6-5-10-4-3-7-14-10/h3-4,7,11,14,16H,5-6,8-9H2,1-2H3. The second-order valence-electron chi connectivity index (χ2n) is 5.37. The molecule has 0 radical (unpaired) electrons. The largest absolute Gasteiger partial charge is 0.391 e. The van der Waals surface area contributed by atoms with Crippen LogP contribution in [-0.2, 0) is 11.2 Å². The van der Waals surface area contributed by atoms with Crippen LogP contribution in [0.25, 0.3) is 0 Å². The number of likely N-dealkylation sites (tertiary alicyclic amines) is 1. The van der Waals surface area contributed by atoms with E-state index in [0.29, 0.717) is 19.4 Å². The minimum atomic E-state index is -0.376. The van der Waals surface area contributed by atoms with Gasteiger partial charge in [-0.15, -0.1) is 0 Å². The lowest BCUT2D eigenvalue weighted by Crippen LogP contribution is -2.42. The van der Waals surface area contributed by atoms with Crippen LogP contribution in [0, 0.1) is 0 Å². The first-order valence-electron chi connectivity index (χ1n) is 6.10. The number of hydrogen-bond acceptors (Lipinski definition) is 2. The number of aryl methyl sites for hydroxylation is 1. The predicted molar refractivity (Wildman–Crippen MR) is 65.5 cm³/mol. The quantitative estimate of drug-likeness (QED) is 0.831. The van der Waals surface area contributed by atoms with Gasteiger partial charge in [-0.25, -0.2) is 0 Å². The minimum absolute atomic E-state index is 0.126. The van der Waals surface area contributed by atoms with Crippen molar-refractivity contribution >= 4 is 5.91 Å². The maximum absolute atomic E-state index is 12.1. The number of aliphatic hydroxyl groups excluding tert-OH is 1. The second kappa shape index (κ2) is 4.53. The topological polar surface area (TPSA) is 56.3 Å². The molecule has 2 rings (SSSR count). The molecule has 1 aliphatic rings. The van der Waals surface area contributed by atoms with E-state index in [1.54, 1.807) is 4.90 Å². The summed E-state index contributed by atoms with van der Waals surface area (Å²) in [6.45, 7) is 4.49. The third-order valence-electron chi connectivity index (χ3n) is 3.43. The third kappa shape index (κ3) is 2.69. The van der Waals surface area contributed by atoms with Gasteiger partial charge in [-0.3, -0.25) is 4.79 Å². The molecule has 1 aromatic heterocycles.